The Morgan fingerprint density at radius 2 is 2.00 bits per heavy atom. The topological polar surface area (TPSA) is 130 Å². The predicted octanol–water partition coefficient (Wildman–Crippen LogP) is 3.41. The van der Waals surface area contributed by atoms with Gasteiger partial charge in [-0.1, -0.05) is 23.0 Å². The van der Waals surface area contributed by atoms with Crippen molar-refractivity contribution >= 4 is 17.9 Å². The van der Waals surface area contributed by atoms with E-state index in [9.17, 15) is 4.79 Å². The molecule has 3 rings (SSSR count). The fraction of sp³-hybridized carbons (Fsp3) is 0.500. The van der Waals surface area contributed by atoms with E-state index in [1.807, 2.05) is 25.1 Å². The molecule has 3 aromatic rings. The van der Waals surface area contributed by atoms with Crippen molar-refractivity contribution in [3.8, 4) is 11.4 Å². The SMILES string of the molecule is COc1ccc(C)cc1-n1nnnc1SCc1nc(C(C)(C)NC(=O)OC(C)(C)C)no1. The van der Waals surface area contributed by atoms with E-state index in [-0.39, 0.29) is 0 Å². The summed E-state index contributed by atoms with van der Waals surface area (Å²) in [7, 11) is 1.60. The Balaban J connectivity index is 1.70. The van der Waals surface area contributed by atoms with Gasteiger partial charge < -0.3 is 19.3 Å². The van der Waals surface area contributed by atoms with Gasteiger partial charge in [-0.3, -0.25) is 0 Å². The zero-order valence-electron chi connectivity index (χ0n) is 19.2. The van der Waals surface area contributed by atoms with E-state index in [0.717, 1.165) is 11.3 Å². The molecule has 0 fully saturated rings. The van der Waals surface area contributed by atoms with Gasteiger partial charge in [0.05, 0.1) is 12.9 Å². The average molecular weight is 462 g/mol. The third-order valence-corrected chi connectivity index (χ3v) is 5.07. The Kier molecular flexibility index (Phi) is 6.72. The Morgan fingerprint density at radius 3 is 2.69 bits per heavy atom. The Bertz CT molecular complexity index is 1090. The van der Waals surface area contributed by atoms with E-state index in [1.165, 1.54) is 11.8 Å². The number of nitrogens with zero attached hydrogens (tertiary/aromatic N) is 6. The van der Waals surface area contributed by atoms with Gasteiger partial charge in [0.2, 0.25) is 11.0 Å². The zero-order chi connectivity index (χ0) is 23.5. The molecule has 1 N–H and O–H groups in total. The second kappa shape index (κ2) is 9.15. The van der Waals surface area contributed by atoms with Crippen molar-refractivity contribution in [1.29, 1.82) is 0 Å². The van der Waals surface area contributed by atoms with Gasteiger partial charge in [-0.2, -0.15) is 9.67 Å². The number of rotatable bonds is 7. The predicted molar refractivity (Wildman–Crippen MR) is 117 cm³/mol. The van der Waals surface area contributed by atoms with E-state index in [1.54, 1.807) is 46.4 Å². The Labute approximate surface area is 190 Å². The highest BCUT2D eigenvalue weighted by molar-refractivity contribution is 7.98. The molecule has 0 unspecified atom stereocenters. The molecule has 0 bridgehead atoms. The van der Waals surface area contributed by atoms with Crippen LogP contribution in [0.25, 0.3) is 5.69 Å². The summed E-state index contributed by atoms with van der Waals surface area (Å²) in [4.78, 5) is 16.5. The van der Waals surface area contributed by atoms with Crippen LogP contribution in [0.2, 0.25) is 0 Å². The Morgan fingerprint density at radius 1 is 1.25 bits per heavy atom. The summed E-state index contributed by atoms with van der Waals surface area (Å²) >= 11 is 1.34. The third-order valence-electron chi connectivity index (χ3n) is 4.17. The molecule has 0 saturated carbocycles. The smallest absolute Gasteiger partial charge is 0.408 e. The number of amides is 1. The van der Waals surface area contributed by atoms with Crippen molar-refractivity contribution in [3.05, 3.63) is 35.5 Å². The third kappa shape index (κ3) is 5.75. The fourth-order valence-corrected chi connectivity index (χ4v) is 3.42. The van der Waals surface area contributed by atoms with Crippen LogP contribution in [0, 0.1) is 6.92 Å². The molecule has 0 atom stereocenters. The standard InChI is InChI=1S/C20H27N7O4S/c1-12-8-9-14(29-7)13(10-12)27-17(23-25-26-27)32-11-15-21-16(24-31-15)20(5,6)22-18(28)30-19(2,3)4/h8-10H,11H2,1-7H3,(H,22,28). The van der Waals surface area contributed by atoms with E-state index >= 15 is 0 Å². The van der Waals surface area contributed by atoms with E-state index in [0.29, 0.717) is 28.4 Å². The maximum atomic E-state index is 12.1. The molecule has 0 aliphatic heterocycles. The molecule has 0 aliphatic carbocycles. The molecular weight excluding hydrogens is 434 g/mol. The first-order valence-electron chi connectivity index (χ1n) is 9.89. The number of aromatic nitrogens is 6. The van der Waals surface area contributed by atoms with Crippen LogP contribution >= 0.6 is 11.8 Å². The van der Waals surface area contributed by atoms with Crippen LogP contribution in [0.3, 0.4) is 0 Å². The van der Waals surface area contributed by atoms with Gasteiger partial charge in [0.15, 0.2) is 5.82 Å². The highest BCUT2D eigenvalue weighted by atomic mass is 32.2. The number of hydrogen-bond donors (Lipinski definition) is 1. The summed E-state index contributed by atoms with van der Waals surface area (Å²) in [6, 6.07) is 5.76. The average Bonchev–Trinajstić information content (AvgIpc) is 3.34. The number of carbonyl (C=O) groups is 1. The fourth-order valence-electron chi connectivity index (χ4n) is 2.69. The van der Waals surface area contributed by atoms with Crippen LogP contribution in [-0.4, -0.2) is 49.2 Å². The lowest BCUT2D eigenvalue weighted by Crippen LogP contribution is -2.44. The number of ether oxygens (including phenoxy) is 2. The number of nitrogens with one attached hydrogen (secondary N) is 1. The zero-order valence-corrected chi connectivity index (χ0v) is 20.0. The lowest BCUT2D eigenvalue weighted by Gasteiger charge is -2.26. The number of methoxy groups -OCH3 is 1. The van der Waals surface area contributed by atoms with Gasteiger partial charge in [0.25, 0.3) is 0 Å². The van der Waals surface area contributed by atoms with Gasteiger partial charge in [0.1, 0.15) is 22.6 Å². The minimum atomic E-state index is -0.884. The molecule has 1 aromatic carbocycles. The molecule has 172 valence electrons. The summed E-state index contributed by atoms with van der Waals surface area (Å²) in [6.45, 7) is 10.9. The molecule has 0 saturated heterocycles. The summed E-state index contributed by atoms with van der Waals surface area (Å²) in [5, 5.41) is 19.3. The minimum Gasteiger partial charge on any atom is -0.494 e. The number of aryl methyl sites for hydroxylation is 1. The molecule has 2 heterocycles. The highest BCUT2D eigenvalue weighted by Crippen LogP contribution is 2.28. The largest absolute Gasteiger partial charge is 0.494 e. The van der Waals surface area contributed by atoms with Gasteiger partial charge >= 0.3 is 6.09 Å². The van der Waals surface area contributed by atoms with Gasteiger partial charge in [0, 0.05) is 0 Å². The lowest BCUT2D eigenvalue weighted by atomic mass is 10.1. The first-order valence-corrected chi connectivity index (χ1v) is 10.9. The van der Waals surface area contributed by atoms with Crippen molar-refractivity contribution in [2.45, 2.75) is 63.6 Å². The van der Waals surface area contributed by atoms with Crippen LogP contribution in [0.15, 0.2) is 27.9 Å². The normalized spacial score (nSPS) is 12.0. The first-order chi connectivity index (χ1) is 15.0. The summed E-state index contributed by atoms with van der Waals surface area (Å²) in [6.07, 6.45) is -0.561. The van der Waals surface area contributed by atoms with Crippen molar-refractivity contribution in [2.24, 2.45) is 0 Å². The maximum absolute atomic E-state index is 12.1. The lowest BCUT2D eigenvalue weighted by molar-refractivity contribution is 0.0465. The van der Waals surface area contributed by atoms with Crippen molar-refractivity contribution in [3.63, 3.8) is 0 Å². The molecule has 0 aliphatic rings. The van der Waals surface area contributed by atoms with Gasteiger partial charge in [-0.25, -0.2) is 4.79 Å². The monoisotopic (exact) mass is 461 g/mol. The second-order valence-electron chi connectivity index (χ2n) is 8.60. The summed E-state index contributed by atoms with van der Waals surface area (Å²) in [5.74, 6) is 1.69. The van der Waals surface area contributed by atoms with Crippen LogP contribution in [0.1, 0.15) is 51.9 Å². The maximum Gasteiger partial charge on any atom is 0.408 e. The molecule has 0 spiro atoms. The van der Waals surface area contributed by atoms with Gasteiger partial charge in [-0.15, -0.1) is 5.10 Å². The van der Waals surface area contributed by atoms with Crippen LogP contribution in [0.4, 0.5) is 4.79 Å². The molecule has 11 nitrogen and oxygen atoms in total. The van der Waals surface area contributed by atoms with E-state index in [4.69, 9.17) is 14.0 Å². The van der Waals surface area contributed by atoms with E-state index < -0.39 is 17.2 Å². The molecule has 1 amide bonds. The molecule has 32 heavy (non-hydrogen) atoms. The number of thioether (sulfide) groups is 1. The number of tetrazole rings is 1. The quantitative estimate of drug-likeness (QED) is 0.522. The van der Waals surface area contributed by atoms with Crippen molar-refractivity contribution in [1.82, 2.24) is 35.7 Å². The first kappa shape index (κ1) is 23.5. The van der Waals surface area contributed by atoms with Crippen molar-refractivity contribution < 1.29 is 18.8 Å². The van der Waals surface area contributed by atoms with Crippen LogP contribution in [0.5, 0.6) is 5.75 Å². The highest BCUT2D eigenvalue weighted by Gasteiger charge is 2.31. The second-order valence-corrected chi connectivity index (χ2v) is 9.54. The van der Waals surface area contributed by atoms with Crippen LogP contribution in [-0.2, 0) is 16.0 Å². The number of benzene rings is 1. The van der Waals surface area contributed by atoms with Crippen molar-refractivity contribution in [2.75, 3.05) is 7.11 Å². The van der Waals surface area contributed by atoms with E-state index in [2.05, 4.69) is 31.0 Å². The molecule has 12 heteroatoms. The number of alkyl carbamates (subject to hydrolysis) is 1. The number of hydrogen-bond acceptors (Lipinski definition) is 10. The molecular formula is C20H27N7O4S. The Hall–Kier alpha value is -3.15. The molecule has 0 radical (unpaired) electrons. The minimum absolute atomic E-state index is 0.332. The molecule has 2 aromatic heterocycles. The summed E-state index contributed by atoms with van der Waals surface area (Å²) in [5.41, 5.74) is 0.288. The van der Waals surface area contributed by atoms with Gasteiger partial charge in [-0.05, 0) is 69.7 Å². The number of carbonyl (C=O) groups excluding carboxylic acids is 1. The van der Waals surface area contributed by atoms with Crippen LogP contribution < -0.4 is 10.1 Å². The summed E-state index contributed by atoms with van der Waals surface area (Å²) < 4.78 is 17.7.